The molecule has 0 atom stereocenters. The fraction of sp³-hybridized carbons (Fsp3) is 0.357. The lowest BCUT2D eigenvalue weighted by molar-refractivity contribution is -0.142. The molecule has 0 unspecified atom stereocenters. The molecule has 3 amide bonds. The highest BCUT2D eigenvalue weighted by Crippen LogP contribution is 2.45. The van der Waals surface area contributed by atoms with E-state index in [1.807, 2.05) is 15.8 Å². The van der Waals surface area contributed by atoms with Crippen LogP contribution in [0.15, 0.2) is 60.9 Å². The number of halogens is 1. The average molecular weight is 502 g/mol. The standard InChI is InChI=1S/C28H28FN5O3/c29-21-8-6-20(7-9-21)28(12-3-13-28)27(37)32-14-10-22(11-15-32)33-18-19(16-30-33)17-31-34-25(35)23-4-1-2-5-24(23)26(34)36/h1-2,4-9,16,18,22,31H,3,10-15,17H2. The van der Waals surface area contributed by atoms with Gasteiger partial charge in [-0.2, -0.15) is 5.10 Å². The van der Waals surface area contributed by atoms with E-state index in [2.05, 4.69) is 10.5 Å². The van der Waals surface area contributed by atoms with Gasteiger partial charge < -0.3 is 4.90 Å². The predicted molar refractivity (Wildman–Crippen MR) is 133 cm³/mol. The van der Waals surface area contributed by atoms with E-state index < -0.39 is 5.41 Å². The van der Waals surface area contributed by atoms with Gasteiger partial charge in [-0.3, -0.25) is 19.1 Å². The van der Waals surface area contributed by atoms with E-state index in [9.17, 15) is 18.8 Å². The van der Waals surface area contributed by atoms with Crippen molar-refractivity contribution in [3.8, 4) is 0 Å². The highest BCUT2D eigenvalue weighted by atomic mass is 19.1. The molecule has 1 N–H and O–H groups in total. The summed E-state index contributed by atoms with van der Waals surface area (Å²) in [6, 6.07) is 13.3. The molecule has 0 bridgehead atoms. The second-order valence-corrected chi connectivity index (χ2v) is 10.1. The van der Waals surface area contributed by atoms with Crippen molar-refractivity contribution in [3.63, 3.8) is 0 Å². The quantitative estimate of drug-likeness (QED) is 0.522. The van der Waals surface area contributed by atoms with Crippen LogP contribution < -0.4 is 5.43 Å². The highest BCUT2D eigenvalue weighted by molar-refractivity contribution is 6.20. The summed E-state index contributed by atoms with van der Waals surface area (Å²) in [5.74, 6) is -0.844. The van der Waals surface area contributed by atoms with Gasteiger partial charge in [0.25, 0.3) is 11.8 Å². The summed E-state index contributed by atoms with van der Waals surface area (Å²) in [7, 11) is 0. The van der Waals surface area contributed by atoms with E-state index in [4.69, 9.17) is 0 Å². The molecule has 1 aromatic heterocycles. The molecule has 9 heteroatoms. The molecule has 2 aliphatic heterocycles. The molecule has 2 aromatic carbocycles. The number of benzene rings is 2. The number of nitrogens with zero attached hydrogens (tertiary/aromatic N) is 4. The van der Waals surface area contributed by atoms with Crippen molar-refractivity contribution in [2.45, 2.75) is 50.1 Å². The van der Waals surface area contributed by atoms with Crippen LogP contribution in [0.4, 0.5) is 4.39 Å². The number of hydrogen-bond donors (Lipinski definition) is 1. The summed E-state index contributed by atoms with van der Waals surface area (Å²) in [5.41, 5.74) is 5.00. The number of piperidine rings is 1. The van der Waals surface area contributed by atoms with Crippen LogP contribution in [0.1, 0.15) is 70.0 Å². The molecule has 0 spiro atoms. The number of carbonyl (C=O) groups is 3. The third-order valence-electron chi connectivity index (χ3n) is 8.03. The largest absolute Gasteiger partial charge is 0.342 e. The molecule has 1 saturated heterocycles. The molecule has 8 nitrogen and oxygen atoms in total. The zero-order chi connectivity index (χ0) is 25.6. The summed E-state index contributed by atoms with van der Waals surface area (Å²) in [4.78, 5) is 40.6. The van der Waals surface area contributed by atoms with E-state index in [0.717, 1.165) is 48.2 Å². The van der Waals surface area contributed by atoms with Crippen LogP contribution in [0.2, 0.25) is 0 Å². The van der Waals surface area contributed by atoms with E-state index >= 15 is 0 Å². The van der Waals surface area contributed by atoms with E-state index in [0.29, 0.717) is 30.8 Å². The van der Waals surface area contributed by atoms with E-state index in [-0.39, 0.29) is 29.6 Å². The van der Waals surface area contributed by atoms with Gasteiger partial charge in [0.05, 0.1) is 28.8 Å². The Morgan fingerprint density at radius 3 is 2.24 bits per heavy atom. The molecule has 1 aliphatic carbocycles. The first-order chi connectivity index (χ1) is 18.0. The van der Waals surface area contributed by atoms with Crippen molar-refractivity contribution in [2.75, 3.05) is 13.1 Å². The molecular formula is C28H28FN5O3. The number of aromatic nitrogens is 2. The van der Waals surface area contributed by atoms with Gasteiger partial charge in [0.1, 0.15) is 5.82 Å². The minimum absolute atomic E-state index is 0.148. The molecule has 2 fully saturated rings. The maximum absolute atomic E-state index is 13.5. The number of fused-ring (bicyclic) bond motifs is 1. The van der Waals surface area contributed by atoms with Crippen LogP contribution in [0.3, 0.4) is 0 Å². The summed E-state index contributed by atoms with van der Waals surface area (Å²) in [6.07, 6.45) is 7.86. The minimum atomic E-state index is -0.519. The number of hydrazine groups is 1. The maximum Gasteiger partial charge on any atom is 0.276 e. The fourth-order valence-corrected chi connectivity index (χ4v) is 5.73. The number of nitrogens with one attached hydrogen (secondary N) is 1. The molecule has 0 radical (unpaired) electrons. The Balaban J connectivity index is 1.05. The van der Waals surface area contributed by atoms with Crippen LogP contribution in [0.5, 0.6) is 0 Å². The normalized spacial score (nSPS) is 19.2. The molecule has 190 valence electrons. The van der Waals surface area contributed by atoms with Gasteiger partial charge in [-0.25, -0.2) is 14.8 Å². The Bertz CT molecular complexity index is 1320. The van der Waals surface area contributed by atoms with Crippen molar-refractivity contribution in [1.82, 2.24) is 25.1 Å². The molecule has 1 saturated carbocycles. The summed E-state index contributed by atoms with van der Waals surface area (Å²) in [6.45, 7) is 1.59. The number of likely N-dealkylation sites (tertiary alicyclic amines) is 1. The van der Waals surface area contributed by atoms with Gasteiger partial charge in [-0.1, -0.05) is 30.7 Å². The van der Waals surface area contributed by atoms with Crippen molar-refractivity contribution in [2.24, 2.45) is 0 Å². The monoisotopic (exact) mass is 501 g/mol. The van der Waals surface area contributed by atoms with Crippen LogP contribution >= 0.6 is 0 Å². The Labute approximate surface area is 214 Å². The molecule has 37 heavy (non-hydrogen) atoms. The summed E-state index contributed by atoms with van der Waals surface area (Å²) < 4.78 is 15.4. The van der Waals surface area contributed by atoms with Crippen LogP contribution in [0, 0.1) is 5.82 Å². The second-order valence-electron chi connectivity index (χ2n) is 10.1. The van der Waals surface area contributed by atoms with Crippen molar-refractivity contribution in [3.05, 3.63) is 89.0 Å². The molecule has 3 heterocycles. The molecule has 6 rings (SSSR count). The highest BCUT2D eigenvalue weighted by Gasteiger charge is 2.48. The molecular weight excluding hydrogens is 473 g/mol. The Morgan fingerprint density at radius 1 is 1.00 bits per heavy atom. The first kappa shape index (κ1) is 23.5. The van der Waals surface area contributed by atoms with Crippen molar-refractivity contribution in [1.29, 1.82) is 0 Å². The van der Waals surface area contributed by atoms with Gasteiger partial charge in [0.2, 0.25) is 5.91 Å². The SMILES string of the molecule is O=C1c2ccccc2C(=O)N1NCc1cnn(C2CCN(C(=O)C3(c4ccc(F)cc4)CCC3)CC2)c1. The van der Waals surface area contributed by atoms with Gasteiger partial charge >= 0.3 is 0 Å². The van der Waals surface area contributed by atoms with Crippen LogP contribution in [0.25, 0.3) is 0 Å². The maximum atomic E-state index is 13.5. The Kier molecular flexibility index (Phi) is 5.87. The topological polar surface area (TPSA) is 87.5 Å². The number of rotatable bonds is 6. The van der Waals surface area contributed by atoms with Gasteiger partial charge in [0.15, 0.2) is 0 Å². The van der Waals surface area contributed by atoms with Crippen LogP contribution in [-0.2, 0) is 16.8 Å². The zero-order valence-corrected chi connectivity index (χ0v) is 20.4. The van der Waals surface area contributed by atoms with Crippen molar-refractivity contribution >= 4 is 17.7 Å². The zero-order valence-electron chi connectivity index (χ0n) is 20.4. The third kappa shape index (κ3) is 4.03. The van der Waals surface area contributed by atoms with Crippen LogP contribution in [-0.4, -0.2) is 50.5 Å². The van der Waals surface area contributed by atoms with Crippen molar-refractivity contribution < 1.29 is 18.8 Å². The van der Waals surface area contributed by atoms with Gasteiger partial charge in [0, 0.05) is 31.4 Å². The number of hydrogen-bond acceptors (Lipinski definition) is 5. The van der Waals surface area contributed by atoms with Gasteiger partial charge in [-0.05, 0) is 55.5 Å². The fourth-order valence-electron chi connectivity index (χ4n) is 5.73. The Hall–Kier alpha value is -3.85. The average Bonchev–Trinajstić information content (AvgIpc) is 3.46. The molecule has 3 aromatic rings. The number of amides is 3. The van der Waals surface area contributed by atoms with Gasteiger partial charge in [-0.15, -0.1) is 0 Å². The lowest BCUT2D eigenvalue weighted by atomic mass is 9.63. The first-order valence-electron chi connectivity index (χ1n) is 12.8. The third-order valence-corrected chi connectivity index (χ3v) is 8.03. The number of carbonyl (C=O) groups excluding carboxylic acids is 3. The summed E-state index contributed by atoms with van der Waals surface area (Å²) >= 11 is 0. The minimum Gasteiger partial charge on any atom is -0.342 e. The second kappa shape index (κ2) is 9.23. The van der Waals surface area contributed by atoms with E-state index in [1.165, 1.54) is 12.1 Å². The van der Waals surface area contributed by atoms with E-state index in [1.54, 1.807) is 42.6 Å². The number of imide groups is 1. The molecule has 3 aliphatic rings. The summed E-state index contributed by atoms with van der Waals surface area (Å²) in [5, 5.41) is 5.57. The lowest BCUT2D eigenvalue weighted by Crippen LogP contribution is -2.53. The predicted octanol–water partition coefficient (Wildman–Crippen LogP) is 3.61. The smallest absolute Gasteiger partial charge is 0.276 e. The Morgan fingerprint density at radius 2 is 1.65 bits per heavy atom. The first-order valence-corrected chi connectivity index (χ1v) is 12.8. The lowest BCUT2D eigenvalue weighted by Gasteiger charge is -2.45.